The Labute approximate surface area is 91.3 Å². The zero-order valence-electron chi connectivity index (χ0n) is 9.62. The first-order valence-electron chi connectivity index (χ1n) is 5.72. The molecule has 2 fully saturated rings. The van der Waals surface area contributed by atoms with Crippen molar-refractivity contribution in [3.05, 3.63) is 0 Å². The zero-order valence-corrected chi connectivity index (χ0v) is 9.62. The van der Waals surface area contributed by atoms with Gasteiger partial charge in [-0.2, -0.15) is 0 Å². The minimum atomic E-state index is 0.172. The van der Waals surface area contributed by atoms with Gasteiger partial charge in [0.1, 0.15) is 0 Å². The van der Waals surface area contributed by atoms with E-state index in [1.165, 1.54) is 0 Å². The molecule has 4 heteroatoms. The Hall–Kier alpha value is -0.610. The molecule has 0 aliphatic carbocycles. The van der Waals surface area contributed by atoms with Crippen LogP contribution in [-0.2, 0) is 4.74 Å². The van der Waals surface area contributed by atoms with Gasteiger partial charge in [0, 0.05) is 24.5 Å². The van der Waals surface area contributed by atoms with Gasteiger partial charge >= 0.3 is 0 Å². The van der Waals surface area contributed by atoms with Crippen LogP contribution in [0.3, 0.4) is 0 Å². The SMILES string of the molecule is CC(=N)N1CCC2(CC1)CO[C@H](C)[C@H]2N. The number of nitrogens with two attached hydrogens (primary N) is 1. The molecule has 2 rings (SSSR count). The molecule has 2 saturated heterocycles. The Morgan fingerprint density at radius 2 is 2.07 bits per heavy atom. The van der Waals surface area contributed by atoms with Gasteiger partial charge in [0.05, 0.1) is 18.5 Å². The molecule has 3 N–H and O–H groups in total. The molecule has 4 nitrogen and oxygen atoms in total. The molecule has 0 aromatic heterocycles. The molecule has 0 aromatic rings. The first-order chi connectivity index (χ1) is 7.05. The molecule has 0 aromatic carbocycles. The molecule has 86 valence electrons. The molecule has 2 heterocycles. The van der Waals surface area contributed by atoms with Crippen LogP contribution >= 0.6 is 0 Å². The van der Waals surface area contributed by atoms with E-state index < -0.39 is 0 Å². The van der Waals surface area contributed by atoms with Crippen LogP contribution < -0.4 is 5.73 Å². The Kier molecular flexibility index (Phi) is 2.73. The fourth-order valence-electron chi connectivity index (χ4n) is 2.76. The maximum Gasteiger partial charge on any atom is 0.0925 e. The van der Waals surface area contributed by atoms with Gasteiger partial charge in [-0.25, -0.2) is 0 Å². The molecule has 2 aliphatic rings. The first-order valence-corrected chi connectivity index (χ1v) is 5.72. The maximum absolute atomic E-state index is 7.60. The van der Waals surface area contributed by atoms with Crippen molar-refractivity contribution in [1.29, 1.82) is 5.41 Å². The molecule has 2 aliphatic heterocycles. The van der Waals surface area contributed by atoms with Gasteiger partial charge in [0.2, 0.25) is 0 Å². The number of likely N-dealkylation sites (tertiary alicyclic amines) is 1. The zero-order chi connectivity index (χ0) is 11.1. The van der Waals surface area contributed by atoms with Gasteiger partial charge in [0.15, 0.2) is 0 Å². The van der Waals surface area contributed by atoms with Crippen molar-refractivity contribution in [2.24, 2.45) is 11.1 Å². The van der Waals surface area contributed by atoms with Crippen molar-refractivity contribution >= 4 is 5.84 Å². The Bertz CT molecular complexity index is 259. The van der Waals surface area contributed by atoms with Crippen molar-refractivity contribution in [2.45, 2.75) is 38.8 Å². The number of piperidine rings is 1. The van der Waals surface area contributed by atoms with E-state index in [0.717, 1.165) is 32.5 Å². The van der Waals surface area contributed by atoms with Gasteiger partial charge < -0.3 is 15.4 Å². The van der Waals surface area contributed by atoms with Crippen LogP contribution in [0.25, 0.3) is 0 Å². The highest BCUT2D eigenvalue weighted by Gasteiger charge is 2.47. The minimum Gasteiger partial charge on any atom is -0.376 e. The minimum absolute atomic E-state index is 0.172. The predicted octanol–water partition coefficient (Wildman–Crippen LogP) is 0.812. The highest BCUT2D eigenvalue weighted by Crippen LogP contribution is 2.40. The smallest absolute Gasteiger partial charge is 0.0925 e. The molecule has 1 spiro atoms. The molecule has 0 amide bonds. The van der Waals surface area contributed by atoms with Crippen molar-refractivity contribution in [1.82, 2.24) is 4.90 Å². The predicted molar refractivity (Wildman–Crippen MR) is 60.0 cm³/mol. The molecule has 0 saturated carbocycles. The second kappa shape index (κ2) is 3.76. The third-order valence-electron chi connectivity index (χ3n) is 4.08. The Morgan fingerprint density at radius 1 is 1.47 bits per heavy atom. The van der Waals surface area contributed by atoms with E-state index in [9.17, 15) is 0 Å². The van der Waals surface area contributed by atoms with Crippen LogP contribution in [0.15, 0.2) is 0 Å². The van der Waals surface area contributed by atoms with E-state index in [2.05, 4.69) is 11.8 Å². The number of ether oxygens (including phenoxy) is 1. The van der Waals surface area contributed by atoms with Crippen LogP contribution in [0.1, 0.15) is 26.7 Å². The second-order valence-electron chi connectivity index (χ2n) is 4.98. The quantitative estimate of drug-likeness (QED) is 0.460. The van der Waals surface area contributed by atoms with Crippen LogP contribution in [0, 0.1) is 10.8 Å². The molecule has 0 bridgehead atoms. The summed E-state index contributed by atoms with van der Waals surface area (Å²) in [6, 6.07) is 0.172. The van der Waals surface area contributed by atoms with Crippen LogP contribution in [0.4, 0.5) is 0 Å². The van der Waals surface area contributed by atoms with Crippen LogP contribution in [-0.4, -0.2) is 42.6 Å². The normalized spacial score (nSPS) is 34.7. The lowest BCUT2D eigenvalue weighted by atomic mass is 9.73. The summed E-state index contributed by atoms with van der Waals surface area (Å²) < 4.78 is 5.66. The fourth-order valence-corrected chi connectivity index (χ4v) is 2.76. The fraction of sp³-hybridized carbons (Fsp3) is 0.909. The lowest BCUT2D eigenvalue weighted by Crippen LogP contribution is -2.51. The van der Waals surface area contributed by atoms with Gasteiger partial charge in [-0.15, -0.1) is 0 Å². The van der Waals surface area contributed by atoms with E-state index in [4.69, 9.17) is 15.9 Å². The number of nitrogens with one attached hydrogen (secondary N) is 1. The lowest BCUT2D eigenvalue weighted by molar-refractivity contribution is 0.0837. The summed E-state index contributed by atoms with van der Waals surface area (Å²) in [6.07, 6.45) is 2.32. The van der Waals surface area contributed by atoms with Gasteiger partial charge in [-0.05, 0) is 26.7 Å². The maximum atomic E-state index is 7.60. The number of amidine groups is 1. The molecular formula is C11H21N3O. The van der Waals surface area contributed by atoms with Gasteiger partial charge in [-0.1, -0.05) is 0 Å². The summed E-state index contributed by atoms with van der Waals surface area (Å²) in [5.41, 5.74) is 6.40. The van der Waals surface area contributed by atoms with Crippen molar-refractivity contribution in [3.8, 4) is 0 Å². The van der Waals surface area contributed by atoms with Crippen molar-refractivity contribution in [3.63, 3.8) is 0 Å². The van der Waals surface area contributed by atoms with E-state index in [1.54, 1.807) is 0 Å². The Morgan fingerprint density at radius 3 is 2.47 bits per heavy atom. The van der Waals surface area contributed by atoms with E-state index in [-0.39, 0.29) is 17.6 Å². The number of hydrogen-bond donors (Lipinski definition) is 2. The second-order valence-corrected chi connectivity index (χ2v) is 4.98. The Balaban J connectivity index is 2.00. The van der Waals surface area contributed by atoms with Crippen LogP contribution in [0.5, 0.6) is 0 Å². The van der Waals surface area contributed by atoms with Crippen molar-refractivity contribution in [2.75, 3.05) is 19.7 Å². The van der Waals surface area contributed by atoms with Crippen LogP contribution in [0.2, 0.25) is 0 Å². The summed E-state index contributed by atoms with van der Waals surface area (Å²) in [5.74, 6) is 0.672. The summed E-state index contributed by atoms with van der Waals surface area (Å²) in [7, 11) is 0. The average Bonchev–Trinajstić information content (AvgIpc) is 2.48. The highest BCUT2D eigenvalue weighted by molar-refractivity contribution is 5.76. The number of hydrogen-bond acceptors (Lipinski definition) is 3. The highest BCUT2D eigenvalue weighted by atomic mass is 16.5. The van der Waals surface area contributed by atoms with E-state index >= 15 is 0 Å². The third kappa shape index (κ3) is 1.76. The number of nitrogens with zero attached hydrogens (tertiary/aromatic N) is 1. The molecule has 2 atom stereocenters. The molecule has 0 radical (unpaired) electrons. The van der Waals surface area contributed by atoms with E-state index in [1.807, 2.05) is 6.92 Å². The summed E-state index contributed by atoms with van der Waals surface area (Å²) in [5, 5.41) is 7.60. The molecular weight excluding hydrogens is 190 g/mol. The van der Waals surface area contributed by atoms with Gasteiger partial charge in [-0.3, -0.25) is 5.41 Å². The monoisotopic (exact) mass is 211 g/mol. The summed E-state index contributed by atoms with van der Waals surface area (Å²) in [4.78, 5) is 2.13. The van der Waals surface area contributed by atoms with Gasteiger partial charge in [0.25, 0.3) is 0 Å². The third-order valence-corrected chi connectivity index (χ3v) is 4.08. The lowest BCUT2D eigenvalue weighted by Gasteiger charge is -2.41. The van der Waals surface area contributed by atoms with Crippen molar-refractivity contribution < 1.29 is 4.74 Å². The standard InChI is InChI=1S/C11H21N3O/c1-8-10(13)11(7-15-8)3-5-14(6-4-11)9(2)12/h8,10,12H,3-7,13H2,1-2H3/t8-,10-/m1/s1. The topological polar surface area (TPSA) is 62.3 Å². The summed E-state index contributed by atoms with van der Waals surface area (Å²) in [6.45, 7) is 6.64. The van der Waals surface area contributed by atoms with E-state index in [0.29, 0.717) is 5.84 Å². The number of rotatable bonds is 0. The summed E-state index contributed by atoms with van der Waals surface area (Å²) >= 11 is 0. The average molecular weight is 211 g/mol. The molecule has 0 unspecified atom stereocenters. The first kappa shape index (κ1) is 10.9. The largest absolute Gasteiger partial charge is 0.376 e. The molecule has 15 heavy (non-hydrogen) atoms.